The van der Waals surface area contributed by atoms with E-state index in [4.69, 9.17) is 0 Å². The second kappa shape index (κ2) is 7.61. The number of amides is 2. The van der Waals surface area contributed by atoms with E-state index in [0.717, 1.165) is 54.7 Å². The molecule has 5 saturated carbocycles. The van der Waals surface area contributed by atoms with Crippen LogP contribution < -0.4 is 10.6 Å². The lowest BCUT2D eigenvalue weighted by Gasteiger charge is -2.56. The summed E-state index contributed by atoms with van der Waals surface area (Å²) in [5.41, 5.74) is 2.01. The van der Waals surface area contributed by atoms with Gasteiger partial charge in [0.25, 0.3) is 0 Å². The second-order valence-electron chi connectivity index (χ2n) is 10.6. The van der Waals surface area contributed by atoms with Gasteiger partial charge in [-0.3, -0.25) is 4.68 Å². The third-order valence-corrected chi connectivity index (χ3v) is 8.30. The first-order valence-corrected chi connectivity index (χ1v) is 12.0. The fourth-order valence-corrected chi connectivity index (χ4v) is 7.34. The number of nitrogens with zero attached hydrogens (tertiary/aromatic N) is 4. The highest BCUT2D eigenvalue weighted by Gasteiger charge is 2.51. The highest BCUT2D eigenvalue weighted by molar-refractivity contribution is 5.75. The maximum atomic E-state index is 12.9. The van der Waals surface area contributed by atoms with Gasteiger partial charge >= 0.3 is 6.03 Å². The first-order valence-electron chi connectivity index (χ1n) is 12.0. The van der Waals surface area contributed by atoms with Gasteiger partial charge in [0.05, 0.1) is 17.9 Å². The molecule has 0 unspecified atom stereocenters. The Morgan fingerprint density at radius 3 is 2.39 bits per heavy atom. The van der Waals surface area contributed by atoms with E-state index in [1.807, 2.05) is 12.3 Å². The SMILES string of the molecule is O=C(NC1CCC(n2cc(-c3ccncn3)cn2)CC1)NC12CC3CC(CC(C3)C1)C2. The zero-order valence-electron chi connectivity index (χ0n) is 18.0. The third kappa shape index (κ3) is 3.83. The molecule has 0 atom stereocenters. The normalized spacial score (nSPS) is 36.3. The van der Waals surface area contributed by atoms with Crippen LogP contribution in [0.1, 0.15) is 70.3 Å². The van der Waals surface area contributed by atoms with Gasteiger partial charge in [-0.1, -0.05) is 0 Å². The predicted molar refractivity (Wildman–Crippen MR) is 117 cm³/mol. The molecular weight excluding hydrogens is 388 g/mol. The van der Waals surface area contributed by atoms with Crippen molar-refractivity contribution < 1.29 is 4.79 Å². The van der Waals surface area contributed by atoms with Gasteiger partial charge in [0.1, 0.15) is 6.33 Å². The lowest BCUT2D eigenvalue weighted by Crippen LogP contribution is -2.62. The predicted octanol–water partition coefficient (Wildman–Crippen LogP) is 4.09. The summed E-state index contributed by atoms with van der Waals surface area (Å²) < 4.78 is 2.07. The Hall–Kier alpha value is -2.44. The molecule has 4 bridgehead atoms. The zero-order valence-corrected chi connectivity index (χ0v) is 18.0. The van der Waals surface area contributed by atoms with Crippen LogP contribution >= 0.6 is 0 Å². The molecule has 7 heteroatoms. The van der Waals surface area contributed by atoms with Gasteiger partial charge in [-0.25, -0.2) is 14.8 Å². The Labute approximate surface area is 183 Å². The molecule has 7 rings (SSSR count). The van der Waals surface area contributed by atoms with Crippen molar-refractivity contribution in [2.45, 2.75) is 81.8 Å². The Balaban J connectivity index is 1.02. The molecule has 2 heterocycles. The molecular formula is C24H32N6O. The number of aromatic nitrogens is 4. The number of carbonyl (C=O) groups is 1. The van der Waals surface area contributed by atoms with E-state index in [2.05, 4.69) is 36.6 Å². The molecule has 7 nitrogen and oxygen atoms in total. The van der Waals surface area contributed by atoms with Crippen molar-refractivity contribution >= 4 is 6.03 Å². The molecule has 5 aliphatic carbocycles. The van der Waals surface area contributed by atoms with Crippen LogP contribution in [0.15, 0.2) is 31.0 Å². The topological polar surface area (TPSA) is 84.7 Å². The molecule has 5 fully saturated rings. The van der Waals surface area contributed by atoms with E-state index < -0.39 is 0 Å². The minimum absolute atomic E-state index is 0.0653. The average Bonchev–Trinajstić information content (AvgIpc) is 3.24. The van der Waals surface area contributed by atoms with Crippen molar-refractivity contribution in [1.82, 2.24) is 30.4 Å². The van der Waals surface area contributed by atoms with E-state index in [9.17, 15) is 4.79 Å². The van der Waals surface area contributed by atoms with Crippen molar-refractivity contribution in [3.05, 3.63) is 31.0 Å². The molecule has 5 aliphatic rings. The van der Waals surface area contributed by atoms with Gasteiger partial charge in [-0.2, -0.15) is 5.10 Å². The van der Waals surface area contributed by atoms with Crippen molar-refractivity contribution in [2.24, 2.45) is 17.8 Å². The van der Waals surface area contributed by atoms with Crippen LogP contribution in [0.5, 0.6) is 0 Å². The molecule has 2 N–H and O–H groups in total. The molecule has 0 spiro atoms. The summed E-state index contributed by atoms with van der Waals surface area (Å²) in [7, 11) is 0. The third-order valence-electron chi connectivity index (χ3n) is 8.30. The Bertz CT molecular complexity index is 897. The van der Waals surface area contributed by atoms with Gasteiger partial charge in [-0.15, -0.1) is 0 Å². The Kier molecular flexibility index (Phi) is 4.73. The van der Waals surface area contributed by atoms with E-state index in [-0.39, 0.29) is 17.6 Å². The number of rotatable bonds is 4. The summed E-state index contributed by atoms with van der Waals surface area (Å²) in [6, 6.07) is 2.63. The largest absolute Gasteiger partial charge is 0.335 e. The summed E-state index contributed by atoms with van der Waals surface area (Å²) in [5, 5.41) is 11.3. The standard InChI is InChI=1S/C24H32N6O/c31-23(29-24-10-16-7-17(11-24)9-18(8-16)12-24)28-20-1-3-21(4-2-20)30-14-19(13-27-30)22-5-6-25-15-26-22/h5-6,13-18,20-21H,1-4,7-12H2,(H2,28,29,31). The van der Waals surface area contributed by atoms with E-state index in [1.54, 1.807) is 12.5 Å². The highest BCUT2D eigenvalue weighted by atomic mass is 16.2. The molecule has 0 aromatic carbocycles. The van der Waals surface area contributed by atoms with Crippen molar-refractivity contribution in [1.29, 1.82) is 0 Å². The summed E-state index contributed by atoms with van der Waals surface area (Å²) in [6.07, 6.45) is 19.2. The summed E-state index contributed by atoms with van der Waals surface area (Å²) >= 11 is 0. The Morgan fingerprint density at radius 1 is 1.03 bits per heavy atom. The number of urea groups is 1. The molecule has 0 radical (unpaired) electrons. The quantitative estimate of drug-likeness (QED) is 0.780. The number of hydrogen-bond acceptors (Lipinski definition) is 4. The monoisotopic (exact) mass is 420 g/mol. The summed E-state index contributed by atoms with van der Waals surface area (Å²) in [6.45, 7) is 0. The molecule has 31 heavy (non-hydrogen) atoms. The van der Waals surface area contributed by atoms with E-state index in [0.29, 0.717) is 6.04 Å². The van der Waals surface area contributed by atoms with Gasteiger partial charge in [0, 0.05) is 29.5 Å². The number of hydrogen-bond donors (Lipinski definition) is 2. The molecule has 2 aromatic rings. The average molecular weight is 421 g/mol. The zero-order chi connectivity index (χ0) is 20.8. The molecule has 0 saturated heterocycles. The fourth-order valence-electron chi connectivity index (χ4n) is 7.34. The van der Waals surface area contributed by atoms with Crippen LogP contribution in [-0.4, -0.2) is 37.4 Å². The lowest BCUT2D eigenvalue weighted by molar-refractivity contribution is -0.0137. The number of carbonyl (C=O) groups excluding carboxylic acids is 1. The summed E-state index contributed by atoms with van der Waals surface area (Å²) in [4.78, 5) is 21.1. The van der Waals surface area contributed by atoms with E-state index in [1.165, 1.54) is 38.5 Å². The first kappa shape index (κ1) is 19.3. The van der Waals surface area contributed by atoms with Crippen molar-refractivity contribution in [2.75, 3.05) is 0 Å². The number of nitrogens with one attached hydrogen (secondary N) is 2. The maximum absolute atomic E-state index is 12.9. The van der Waals surface area contributed by atoms with Gasteiger partial charge < -0.3 is 10.6 Å². The molecule has 2 aromatic heterocycles. The molecule has 0 aliphatic heterocycles. The minimum Gasteiger partial charge on any atom is -0.335 e. The fraction of sp³-hybridized carbons (Fsp3) is 0.667. The van der Waals surface area contributed by atoms with Gasteiger partial charge in [-0.05, 0) is 88.0 Å². The van der Waals surface area contributed by atoms with Crippen LogP contribution in [0.2, 0.25) is 0 Å². The summed E-state index contributed by atoms with van der Waals surface area (Å²) in [5.74, 6) is 2.55. The van der Waals surface area contributed by atoms with Crippen molar-refractivity contribution in [3.8, 4) is 11.3 Å². The second-order valence-corrected chi connectivity index (χ2v) is 10.6. The van der Waals surface area contributed by atoms with Gasteiger partial charge in [0.15, 0.2) is 0 Å². The van der Waals surface area contributed by atoms with Crippen LogP contribution in [-0.2, 0) is 0 Å². The van der Waals surface area contributed by atoms with E-state index >= 15 is 0 Å². The maximum Gasteiger partial charge on any atom is 0.315 e. The smallest absolute Gasteiger partial charge is 0.315 e. The molecule has 164 valence electrons. The van der Waals surface area contributed by atoms with Crippen LogP contribution in [0.25, 0.3) is 11.3 Å². The van der Waals surface area contributed by atoms with Crippen LogP contribution in [0.3, 0.4) is 0 Å². The van der Waals surface area contributed by atoms with Crippen LogP contribution in [0, 0.1) is 17.8 Å². The van der Waals surface area contributed by atoms with Gasteiger partial charge in [0.2, 0.25) is 0 Å². The lowest BCUT2D eigenvalue weighted by atomic mass is 9.53. The minimum atomic E-state index is 0.0653. The Morgan fingerprint density at radius 2 is 1.74 bits per heavy atom. The highest BCUT2D eigenvalue weighted by Crippen LogP contribution is 2.55. The van der Waals surface area contributed by atoms with Crippen LogP contribution in [0.4, 0.5) is 4.79 Å². The first-order chi connectivity index (χ1) is 15.1. The molecule has 2 amide bonds. The van der Waals surface area contributed by atoms with Crippen molar-refractivity contribution in [3.63, 3.8) is 0 Å².